The third-order valence-corrected chi connectivity index (χ3v) is 2.13. The van der Waals surface area contributed by atoms with Crippen LogP contribution in [0.2, 0.25) is 0 Å². The number of rotatable bonds is 2. The smallest absolute Gasteiger partial charge is 0.325 e. The second kappa shape index (κ2) is 5.04. The number of alkyl halides is 3. The highest BCUT2D eigenvalue weighted by atomic mass is 19.4. The summed E-state index contributed by atoms with van der Waals surface area (Å²) in [5.41, 5.74) is -1.68. The molecule has 1 amide bonds. The van der Waals surface area contributed by atoms with E-state index in [1.165, 1.54) is 6.92 Å². The number of carbonyl (C=O) groups is 1. The molecule has 96 valence electrons. The molecule has 0 aliphatic heterocycles. The van der Waals surface area contributed by atoms with Crippen LogP contribution in [-0.2, 0) is 11.0 Å². The Kier molecular flexibility index (Phi) is 3.91. The minimum Gasteiger partial charge on any atom is -0.325 e. The molecule has 1 aromatic rings. The number of benzene rings is 1. The molecular formula is C11H8F4N2O. The lowest BCUT2D eigenvalue weighted by Crippen LogP contribution is -2.19. The van der Waals surface area contributed by atoms with Crippen LogP contribution in [0, 0.1) is 23.1 Å². The first-order valence-electron chi connectivity index (χ1n) is 4.83. The van der Waals surface area contributed by atoms with E-state index in [4.69, 9.17) is 5.26 Å². The van der Waals surface area contributed by atoms with E-state index in [9.17, 15) is 22.4 Å². The van der Waals surface area contributed by atoms with Crippen molar-refractivity contribution in [2.45, 2.75) is 13.1 Å². The highest BCUT2D eigenvalue weighted by Gasteiger charge is 2.34. The van der Waals surface area contributed by atoms with E-state index in [0.29, 0.717) is 12.1 Å². The van der Waals surface area contributed by atoms with Crippen molar-refractivity contribution < 1.29 is 22.4 Å². The van der Waals surface area contributed by atoms with Crippen molar-refractivity contribution in [3.8, 4) is 6.07 Å². The monoisotopic (exact) mass is 260 g/mol. The summed E-state index contributed by atoms with van der Waals surface area (Å²) in [6, 6.07) is 3.72. The fourth-order valence-electron chi connectivity index (χ4n) is 1.13. The minimum atomic E-state index is -4.84. The van der Waals surface area contributed by atoms with Gasteiger partial charge in [-0.25, -0.2) is 4.39 Å². The van der Waals surface area contributed by atoms with Gasteiger partial charge in [-0.1, -0.05) is 0 Å². The third-order valence-electron chi connectivity index (χ3n) is 2.13. The Morgan fingerprint density at radius 3 is 2.56 bits per heavy atom. The number of halogens is 4. The molecule has 0 fully saturated rings. The SMILES string of the molecule is CC(C#N)C(=O)Nc1ccc(F)c(C(F)(F)F)c1. The highest BCUT2D eigenvalue weighted by molar-refractivity contribution is 5.93. The first kappa shape index (κ1) is 14.0. The zero-order valence-electron chi connectivity index (χ0n) is 9.18. The quantitative estimate of drug-likeness (QED) is 0.831. The molecule has 3 nitrogen and oxygen atoms in total. The lowest BCUT2D eigenvalue weighted by molar-refractivity contribution is -0.140. The fourth-order valence-corrected chi connectivity index (χ4v) is 1.13. The van der Waals surface area contributed by atoms with E-state index in [1.54, 1.807) is 6.07 Å². The van der Waals surface area contributed by atoms with E-state index >= 15 is 0 Å². The van der Waals surface area contributed by atoms with Crippen LogP contribution < -0.4 is 5.32 Å². The van der Waals surface area contributed by atoms with Crippen molar-refractivity contribution in [1.82, 2.24) is 0 Å². The highest BCUT2D eigenvalue weighted by Crippen LogP contribution is 2.33. The molecule has 0 aromatic heterocycles. The van der Waals surface area contributed by atoms with Gasteiger partial charge in [-0.2, -0.15) is 18.4 Å². The molecule has 1 rings (SSSR count). The molecule has 7 heteroatoms. The number of nitriles is 1. The molecular weight excluding hydrogens is 252 g/mol. The molecule has 0 aliphatic rings. The lowest BCUT2D eigenvalue weighted by Gasteiger charge is -2.11. The Bertz CT molecular complexity index is 505. The summed E-state index contributed by atoms with van der Waals surface area (Å²) in [7, 11) is 0. The van der Waals surface area contributed by atoms with Crippen molar-refractivity contribution in [3.05, 3.63) is 29.6 Å². The van der Waals surface area contributed by atoms with Crippen LogP contribution in [0.5, 0.6) is 0 Å². The van der Waals surface area contributed by atoms with Gasteiger partial charge in [-0.3, -0.25) is 4.79 Å². The number of nitrogens with zero attached hydrogens (tertiary/aromatic N) is 1. The molecule has 1 unspecified atom stereocenters. The average Bonchev–Trinajstić information content (AvgIpc) is 2.29. The number of nitrogens with one attached hydrogen (secondary N) is 1. The standard InChI is InChI=1S/C11H8F4N2O/c1-6(5-16)10(18)17-7-2-3-9(12)8(4-7)11(13,14)15/h2-4,6H,1H3,(H,17,18). The summed E-state index contributed by atoms with van der Waals surface area (Å²) < 4.78 is 50.1. The molecule has 0 aliphatic carbocycles. The van der Waals surface area contributed by atoms with Gasteiger partial charge >= 0.3 is 6.18 Å². The maximum absolute atomic E-state index is 12.9. The molecule has 0 spiro atoms. The Morgan fingerprint density at radius 1 is 1.44 bits per heavy atom. The van der Waals surface area contributed by atoms with Gasteiger partial charge in [0, 0.05) is 5.69 Å². The Hall–Kier alpha value is -2.10. The van der Waals surface area contributed by atoms with Gasteiger partial charge in [0.15, 0.2) is 0 Å². The first-order chi connectivity index (χ1) is 8.25. The first-order valence-corrected chi connectivity index (χ1v) is 4.83. The summed E-state index contributed by atoms with van der Waals surface area (Å²) in [5, 5.41) is 10.6. The summed E-state index contributed by atoms with van der Waals surface area (Å²) in [4.78, 5) is 11.3. The molecule has 0 bridgehead atoms. The van der Waals surface area contributed by atoms with E-state index in [2.05, 4.69) is 5.32 Å². The molecule has 0 saturated carbocycles. The number of amides is 1. The average molecular weight is 260 g/mol. The third kappa shape index (κ3) is 3.20. The van der Waals surface area contributed by atoms with E-state index in [1.807, 2.05) is 0 Å². The van der Waals surface area contributed by atoms with Gasteiger partial charge in [0.05, 0.1) is 11.6 Å². The van der Waals surface area contributed by atoms with Crippen LogP contribution in [0.3, 0.4) is 0 Å². The molecule has 1 aromatic carbocycles. The number of anilines is 1. The van der Waals surface area contributed by atoms with Crippen LogP contribution >= 0.6 is 0 Å². The van der Waals surface area contributed by atoms with Crippen molar-refractivity contribution in [2.24, 2.45) is 5.92 Å². The van der Waals surface area contributed by atoms with Crippen LogP contribution in [0.15, 0.2) is 18.2 Å². The summed E-state index contributed by atoms with van der Waals surface area (Å²) in [6.45, 7) is 1.30. The van der Waals surface area contributed by atoms with E-state index in [-0.39, 0.29) is 5.69 Å². The van der Waals surface area contributed by atoms with Crippen molar-refractivity contribution in [3.63, 3.8) is 0 Å². The van der Waals surface area contributed by atoms with Crippen molar-refractivity contribution in [1.29, 1.82) is 5.26 Å². The van der Waals surface area contributed by atoms with Gasteiger partial charge < -0.3 is 5.32 Å². The van der Waals surface area contributed by atoms with Gasteiger partial charge in [-0.05, 0) is 25.1 Å². The van der Waals surface area contributed by atoms with Gasteiger partial charge in [-0.15, -0.1) is 0 Å². The van der Waals surface area contributed by atoms with E-state index < -0.39 is 29.4 Å². The second-order valence-electron chi connectivity index (χ2n) is 3.53. The molecule has 1 N–H and O–H groups in total. The summed E-state index contributed by atoms with van der Waals surface area (Å²) in [5.74, 6) is -3.18. The van der Waals surface area contributed by atoms with Crippen molar-refractivity contribution >= 4 is 11.6 Å². The van der Waals surface area contributed by atoms with Gasteiger partial charge in [0.25, 0.3) is 0 Å². The fraction of sp³-hybridized carbons (Fsp3) is 0.273. The van der Waals surface area contributed by atoms with Crippen LogP contribution in [0.4, 0.5) is 23.2 Å². The molecule has 1 atom stereocenters. The normalized spacial score (nSPS) is 12.7. The molecule has 0 saturated heterocycles. The number of hydrogen-bond acceptors (Lipinski definition) is 2. The lowest BCUT2D eigenvalue weighted by atomic mass is 10.1. The largest absolute Gasteiger partial charge is 0.419 e. The Labute approximate surface area is 100 Å². The minimum absolute atomic E-state index is 0.212. The predicted octanol–water partition coefficient (Wildman–Crippen LogP) is 2.94. The van der Waals surface area contributed by atoms with Gasteiger partial charge in [0.1, 0.15) is 11.7 Å². The predicted molar refractivity (Wildman–Crippen MR) is 54.8 cm³/mol. The molecule has 0 radical (unpaired) electrons. The van der Waals surface area contributed by atoms with Crippen molar-refractivity contribution in [2.75, 3.05) is 5.32 Å². The Morgan fingerprint density at radius 2 is 2.06 bits per heavy atom. The summed E-state index contributed by atoms with van der Waals surface area (Å²) in [6.07, 6.45) is -4.84. The Balaban J connectivity index is 3.01. The van der Waals surface area contributed by atoms with Crippen LogP contribution in [0.1, 0.15) is 12.5 Å². The topological polar surface area (TPSA) is 52.9 Å². The second-order valence-corrected chi connectivity index (χ2v) is 3.53. The van der Waals surface area contributed by atoms with Crippen LogP contribution in [0.25, 0.3) is 0 Å². The van der Waals surface area contributed by atoms with Gasteiger partial charge in [0.2, 0.25) is 5.91 Å². The number of hydrogen-bond donors (Lipinski definition) is 1. The number of carbonyl (C=O) groups excluding carboxylic acids is 1. The van der Waals surface area contributed by atoms with E-state index in [0.717, 1.165) is 6.07 Å². The maximum Gasteiger partial charge on any atom is 0.419 e. The maximum atomic E-state index is 12.9. The molecule has 0 heterocycles. The summed E-state index contributed by atoms with van der Waals surface area (Å²) >= 11 is 0. The molecule has 18 heavy (non-hydrogen) atoms. The zero-order chi connectivity index (χ0) is 13.9. The van der Waals surface area contributed by atoms with Crippen LogP contribution in [-0.4, -0.2) is 5.91 Å². The zero-order valence-corrected chi connectivity index (χ0v) is 9.18.